The van der Waals surface area contributed by atoms with Crippen LogP contribution in [-0.2, 0) is 14.3 Å². The van der Waals surface area contributed by atoms with E-state index < -0.39 is 0 Å². The van der Waals surface area contributed by atoms with Crippen LogP contribution in [0.1, 0.15) is 32.6 Å². The standard InChI is InChI=1S/C13H24N4O3/c1-2-19-13(18)6-4-3-5-7-17-8-9-20-12(11-17)10-15-16-14/h12H,2-11H2,1H3. The number of hydrogen-bond donors (Lipinski definition) is 0. The van der Waals surface area contributed by atoms with E-state index in [2.05, 4.69) is 14.9 Å². The largest absolute Gasteiger partial charge is 0.466 e. The molecule has 7 heteroatoms. The summed E-state index contributed by atoms with van der Waals surface area (Å²) in [6.07, 6.45) is 3.49. The van der Waals surface area contributed by atoms with E-state index in [1.54, 1.807) is 0 Å². The van der Waals surface area contributed by atoms with E-state index in [4.69, 9.17) is 15.0 Å². The molecule has 1 heterocycles. The fourth-order valence-electron chi connectivity index (χ4n) is 2.24. The molecule has 1 aliphatic rings. The van der Waals surface area contributed by atoms with Gasteiger partial charge in [-0.15, -0.1) is 0 Å². The summed E-state index contributed by atoms with van der Waals surface area (Å²) in [6.45, 7) is 6.10. The third kappa shape index (κ3) is 7.33. The molecule has 0 aromatic heterocycles. The van der Waals surface area contributed by atoms with Gasteiger partial charge in [0.15, 0.2) is 0 Å². The summed E-state index contributed by atoms with van der Waals surface area (Å²) < 4.78 is 10.4. The number of carbonyl (C=O) groups is 1. The van der Waals surface area contributed by atoms with Gasteiger partial charge in [0.25, 0.3) is 0 Å². The Hall–Kier alpha value is -1.30. The minimum atomic E-state index is -0.103. The van der Waals surface area contributed by atoms with Crippen LogP contribution in [0, 0.1) is 0 Å². The smallest absolute Gasteiger partial charge is 0.305 e. The molecule has 1 fully saturated rings. The fraction of sp³-hybridized carbons (Fsp3) is 0.923. The number of azide groups is 1. The average Bonchev–Trinajstić information content (AvgIpc) is 2.45. The van der Waals surface area contributed by atoms with Crippen molar-refractivity contribution in [3.05, 3.63) is 10.4 Å². The van der Waals surface area contributed by atoms with E-state index in [0.29, 0.717) is 26.2 Å². The first-order chi connectivity index (χ1) is 9.76. The van der Waals surface area contributed by atoms with Gasteiger partial charge in [-0.3, -0.25) is 9.69 Å². The van der Waals surface area contributed by atoms with Crippen LogP contribution in [-0.4, -0.2) is 56.4 Å². The van der Waals surface area contributed by atoms with Gasteiger partial charge in [0.1, 0.15) is 0 Å². The van der Waals surface area contributed by atoms with Crippen molar-refractivity contribution >= 4 is 5.97 Å². The Balaban J connectivity index is 2.06. The molecule has 0 radical (unpaired) electrons. The number of morpholine rings is 1. The van der Waals surface area contributed by atoms with E-state index in [-0.39, 0.29) is 12.1 Å². The Morgan fingerprint density at radius 1 is 1.50 bits per heavy atom. The van der Waals surface area contributed by atoms with Crippen LogP contribution < -0.4 is 0 Å². The monoisotopic (exact) mass is 284 g/mol. The van der Waals surface area contributed by atoms with Crippen LogP contribution in [0.5, 0.6) is 0 Å². The maximum Gasteiger partial charge on any atom is 0.305 e. The molecule has 1 atom stereocenters. The zero-order valence-electron chi connectivity index (χ0n) is 12.2. The van der Waals surface area contributed by atoms with Crippen molar-refractivity contribution in [2.24, 2.45) is 5.11 Å². The summed E-state index contributed by atoms with van der Waals surface area (Å²) in [5, 5.41) is 3.55. The van der Waals surface area contributed by atoms with Crippen molar-refractivity contribution in [1.82, 2.24) is 4.90 Å². The average molecular weight is 284 g/mol. The predicted molar refractivity (Wildman–Crippen MR) is 75.3 cm³/mol. The summed E-state index contributed by atoms with van der Waals surface area (Å²) >= 11 is 0. The fourth-order valence-corrected chi connectivity index (χ4v) is 2.24. The first-order valence-electron chi connectivity index (χ1n) is 7.26. The van der Waals surface area contributed by atoms with Gasteiger partial charge in [0, 0.05) is 24.4 Å². The van der Waals surface area contributed by atoms with Gasteiger partial charge in [0.2, 0.25) is 0 Å². The first kappa shape index (κ1) is 16.8. The number of nitrogens with zero attached hydrogens (tertiary/aromatic N) is 4. The molecule has 1 saturated heterocycles. The van der Waals surface area contributed by atoms with Crippen molar-refractivity contribution < 1.29 is 14.3 Å². The predicted octanol–water partition coefficient (Wildman–Crippen LogP) is 2.12. The molecule has 114 valence electrons. The molecule has 0 amide bonds. The van der Waals surface area contributed by atoms with Crippen molar-refractivity contribution in [1.29, 1.82) is 0 Å². The van der Waals surface area contributed by atoms with Crippen LogP contribution in [0.3, 0.4) is 0 Å². The van der Waals surface area contributed by atoms with Gasteiger partial charge in [-0.2, -0.15) is 0 Å². The van der Waals surface area contributed by atoms with Gasteiger partial charge in [-0.05, 0) is 31.8 Å². The zero-order valence-corrected chi connectivity index (χ0v) is 12.2. The molecule has 20 heavy (non-hydrogen) atoms. The minimum absolute atomic E-state index is 0.0131. The Morgan fingerprint density at radius 2 is 2.35 bits per heavy atom. The molecule has 0 N–H and O–H groups in total. The topological polar surface area (TPSA) is 87.5 Å². The summed E-state index contributed by atoms with van der Waals surface area (Å²) in [4.78, 5) is 16.2. The van der Waals surface area contributed by atoms with Crippen molar-refractivity contribution in [2.75, 3.05) is 39.4 Å². The lowest BCUT2D eigenvalue weighted by Crippen LogP contribution is -2.44. The van der Waals surface area contributed by atoms with Crippen molar-refractivity contribution in [2.45, 2.75) is 38.7 Å². The highest BCUT2D eigenvalue weighted by Crippen LogP contribution is 2.09. The molecule has 1 aliphatic heterocycles. The minimum Gasteiger partial charge on any atom is -0.466 e. The molecule has 0 spiro atoms. The third-order valence-electron chi connectivity index (χ3n) is 3.23. The first-order valence-corrected chi connectivity index (χ1v) is 7.26. The Labute approximate surface area is 119 Å². The summed E-state index contributed by atoms with van der Waals surface area (Å²) in [6, 6.07) is 0. The summed E-state index contributed by atoms with van der Waals surface area (Å²) in [7, 11) is 0. The van der Waals surface area contributed by atoms with Crippen LogP contribution in [0.2, 0.25) is 0 Å². The molecule has 0 aromatic carbocycles. The maximum atomic E-state index is 11.2. The lowest BCUT2D eigenvalue weighted by Gasteiger charge is -2.32. The highest BCUT2D eigenvalue weighted by atomic mass is 16.5. The second kappa shape index (κ2) is 10.5. The molecular formula is C13H24N4O3. The van der Waals surface area contributed by atoms with E-state index in [9.17, 15) is 4.79 Å². The summed E-state index contributed by atoms with van der Waals surface area (Å²) in [5.74, 6) is -0.103. The Bertz CT molecular complexity index is 332. The van der Waals surface area contributed by atoms with E-state index in [1.165, 1.54) is 0 Å². The number of carbonyl (C=O) groups excluding carboxylic acids is 1. The van der Waals surface area contributed by atoms with E-state index >= 15 is 0 Å². The molecule has 1 rings (SSSR count). The van der Waals surface area contributed by atoms with Crippen LogP contribution >= 0.6 is 0 Å². The molecule has 0 aliphatic carbocycles. The van der Waals surface area contributed by atoms with Crippen LogP contribution in [0.15, 0.2) is 5.11 Å². The van der Waals surface area contributed by atoms with Crippen LogP contribution in [0.25, 0.3) is 10.4 Å². The number of rotatable bonds is 9. The zero-order chi connectivity index (χ0) is 14.6. The van der Waals surface area contributed by atoms with E-state index in [0.717, 1.165) is 38.9 Å². The van der Waals surface area contributed by atoms with Gasteiger partial charge in [-0.25, -0.2) is 0 Å². The number of unbranched alkanes of at least 4 members (excludes halogenated alkanes) is 2. The second-order valence-electron chi connectivity index (χ2n) is 4.82. The third-order valence-corrected chi connectivity index (χ3v) is 3.23. The number of hydrogen-bond acceptors (Lipinski definition) is 5. The second-order valence-corrected chi connectivity index (χ2v) is 4.82. The number of esters is 1. The molecular weight excluding hydrogens is 260 g/mol. The molecule has 0 bridgehead atoms. The maximum absolute atomic E-state index is 11.2. The normalized spacial score (nSPS) is 19.4. The SMILES string of the molecule is CCOC(=O)CCCCCN1CCOC(CN=[N+]=[N-])C1. The molecule has 1 unspecified atom stereocenters. The van der Waals surface area contributed by atoms with Crippen molar-refractivity contribution in [3.63, 3.8) is 0 Å². The van der Waals surface area contributed by atoms with Crippen molar-refractivity contribution in [3.8, 4) is 0 Å². The highest BCUT2D eigenvalue weighted by molar-refractivity contribution is 5.69. The van der Waals surface area contributed by atoms with Gasteiger partial charge in [0.05, 0.1) is 25.9 Å². The molecule has 7 nitrogen and oxygen atoms in total. The number of ether oxygens (including phenoxy) is 2. The molecule has 0 saturated carbocycles. The lowest BCUT2D eigenvalue weighted by molar-refractivity contribution is -0.143. The quantitative estimate of drug-likeness (QED) is 0.213. The lowest BCUT2D eigenvalue weighted by atomic mass is 10.1. The van der Waals surface area contributed by atoms with Gasteiger partial charge in [-0.1, -0.05) is 11.5 Å². The Kier molecular flexibility index (Phi) is 8.78. The van der Waals surface area contributed by atoms with E-state index in [1.807, 2.05) is 6.92 Å². The highest BCUT2D eigenvalue weighted by Gasteiger charge is 2.19. The van der Waals surface area contributed by atoms with Gasteiger partial charge < -0.3 is 9.47 Å². The summed E-state index contributed by atoms with van der Waals surface area (Å²) in [5.41, 5.74) is 8.30. The van der Waals surface area contributed by atoms with Crippen LogP contribution in [0.4, 0.5) is 0 Å². The Morgan fingerprint density at radius 3 is 3.10 bits per heavy atom. The van der Waals surface area contributed by atoms with Gasteiger partial charge >= 0.3 is 5.97 Å². The molecule has 0 aromatic rings.